The van der Waals surface area contributed by atoms with Gasteiger partial charge in [-0.25, -0.2) is 4.98 Å². The van der Waals surface area contributed by atoms with Crippen molar-refractivity contribution in [2.75, 3.05) is 26.2 Å². The van der Waals surface area contributed by atoms with Crippen molar-refractivity contribution in [3.8, 4) is 11.5 Å². The van der Waals surface area contributed by atoms with Gasteiger partial charge >= 0.3 is 0 Å². The number of hydrogen-bond donors (Lipinski definition) is 1. The number of piperidine rings is 1. The van der Waals surface area contributed by atoms with Crippen molar-refractivity contribution in [3.05, 3.63) is 41.3 Å². The van der Waals surface area contributed by atoms with E-state index in [4.69, 9.17) is 14.5 Å². The molecule has 1 aliphatic heterocycles. The zero-order chi connectivity index (χ0) is 21.4. The van der Waals surface area contributed by atoms with E-state index in [1.54, 1.807) is 0 Å². The Bertz CT molecular complexity index is 860. The summed E-state index contributed by atoms with van der Waals surface area (Å²) >= 11 is 0. The molecule has 0 radical (unpaired) electrons. The maximum Gasteiger partial charge on any atom is 0.226 e. The molecule has 0 atom stereocenters. The molecule has 164 valence electrons. The largest absolute Gasteiger partial charge is 0.444 e. The number of benzene rings is 1. The summed E-state index contributed by atoms with van der Waals surface area (Å²) in [7, 11) is 0. The van der Waals surface area contributed by atoms with Crippen molar-refractivity contribution in [1.82, 2.24) is 9.88 Å². The van der Waals surface area contributed by atoms with E-state index in [1.165, 1.54) is 24.0 Å². The van der Waals surface area contributed by atoms with Crippen LogP contribution >= 0.6 is 0 Å². The van der Waals surface area contributed by atoms with Crippen LogP contribution in [0, 0.1) is 0 Å². The molecule has 0 bridgehead atoms. The molecular formula is C26H38N2O2. The highest BCUT2D eigenvalue weighted by Gasteiger charge is 2.37. The van der Waals surface area contributed by atoms with Gasteiger partial charge in [0.2, 0.25) is 5.89 Å². The molecule has 2 aromatic rings. The van der Waals surface area contributed by atoms with Crippen LogP contribution in [-0.4, -0.2) is 41.2 Å². The number of likely N-dealkylation sites (tertiary alicyclic amines) is 1. The van der Waals surface area contributed by atoms with Crippen LogP contribution < -0.4 is 0 Å². The lowest BCUT2D eigenvalue weighted by Crippen LogP contribution is -2.33. The standard InChI is InChI=1S/C26H38N2O2/c1-25(2)11-12-26(3,4)22-17-20(7-8-21(22)25)24-27-23(18-30-24)19-9-14-28(15-10-19)13-5-6-16-29/h7-8,17-19,29H,5-6,9-16H2,1-4H3. The van der Waals surface area contributed by atoms with Crippen LogP contribution in [0.4, 0.5) is 0 Å². The number of unbranched alkanes of at least 4 members (excludes halogenated alkanes) is 1. The Labute approximate surface area is 181 Å². The third kappa shape index (κ3) is 4.36. The van der Waals surface area contributed by atoms with Crippen LogP contribution in [0.25, 0.3) is 11.5 Å². The van der Waals surface area contributed by atoms with Crippen molar-refractivity contribution in [2.24, 2.45) is 0 Å². The molecule has 0 amide bonds. The van der Waals surface area contributed by atoms with Crippen LogP contribution in [0.15, 0.2) is 28.9 Å². The molecule has 1 fully saturated rings. The van der Waals surface area contributed by atoms with E-state index < -0.39 is 0 Å². The predicted octanol–water partition coefficient (Wildman–Crippen LogP) is 5.64. The quantitative estimate of drug-likeness (QED) is 0.626. The van der Waals surface area contributed by atoms with Gasteiger partial charge in [-0.3, -0.25) is 0 Å². The molecule has 4 heteroatoms. The molecular weight excluding hydrogens is 372 g/mol. The number of hydrogen-bond acceptors (Lipinski definition) is 4. The lowest BCUT2D eigenvalue weighted by atomic mass is 9.63. The first-order valence-corrected chi connectivity index (χ1v) is 11.7. The van der Waals surface area contributed by atoms with Gasteiger partial charge in [-0.05, 0) is 92.2 Å². The van der Waals surface area contributed by atoms with Crippen LogP contribution in [0.1, 0.15) is 89.0 Å². The van der Waals surface area contributed by atoms with Gasteiger partial charge in [-0.1, -0.05) is 33.8 Å². The number of fused-ring (bicyclic) bond motifs is 1. The van der Waals surface area contributed by atoms with Crippen LogP contribution in [0.5, 0.6) is 0 Å². The lowest BCUT2D eigenvalue weighted by Gasteiger charge is -2.42. The average Bonchev–Trinajstić information content (AvgIpc) is 3.22. The molecule has 2 aliphatic rings. The highest BCUT2D eigenvalue weighted by molar-refractivity contribution is 5.59. The zero-order valence-corrected chi connectivity index (χ0v) is 19.2. The van der Waals surface area contributed by atoms with Crippen molar-refractivity contribution in [2.45, 2.75) is 83.0 Å². The van der Waals surface area contributed by atoms with Gasteiger partial charge in [0.15, 0.2) is 0 Å². The van der Waals surface area contributed by atoms with Gasteiger partial charge < -0.3 is 14.4 Å². The molecule has 4 nitrogen and oxygen atoms in total. The molecule has 1 aromatic heterocycles. The molecule has 0 saturated carbocycles. The fourth-order valence-electron chi connectivity index (χ4n) is 5.23. The predicted molar refractivity (Wildman–Crippen MR) is 122 cm³/mol. The first kappa shape index (κ1) is 21.6. The summed E-state index contributed by atoms with van der Waals surface area (Å²) in [6.07, 6.45) is 8.59. The number of rotatable bonds is 6. The minimum Gasteiger partial charge on any atom is -0.444 e. The number of aromatic nitrogens is 1. The van der Waals surface area contributed by atoms with Crippen LogP contribution in [0.2, 0.25) is 0 Å². The van der Waals surface area contributed by atoms with Crippen LogP contribution in [-0.2, 0) is 10.8 Å². The second-order valence-corrected chi connectivity index (χ2v) is 10.7. The third-order valence-corrected chi connectivity index (χ3v) is 7.51. The average molecular weight is 411 g/mol. The zero-order valence-electron chi connectivity index (χ0n) is 19.2. The van der Waals surface area contributed by atoms with Crippen molar-refractivity contribution in [3.63, 3.8) is 0 Å². The highest BCUT2D eigenvalue weighted by Crippen LogP contribution is 2.46. The number of nitrogens with zero attached hydrogens (tertiary/aromatic N) is 2. The van der Waals surface area contributed by atoms with Gasteiger partial charge in [0.25, 0.3) is 0 Å². The van der Waals surface area contributed by atoms with Gasteiger partial charge in [0.1, 0.15) is 6.26 Å². The molecule has 0 spiro atoms. The van der Waals surface area contributed by atoms with Gasteiger partial charge in [0.05, 0.1) is 5.69 Å². The second-order valence-electron chi connectivity index (χ2n) is 10.7. The van der Waals surface area contributed by atoms with Gasteiger partial charge in [-0.2, -0.15) is 0 Å². The maximum atomic E-state index is 8.97. The number of aliphatic hydroxyl groups excluding tert-OH is 1. The fourth-order valence-corrected chi connectivity index (χ4v) is 5.23. The van der Waals surface area contributed by atoms with E-state index in [0.717, 1.165) is 62.5 Å². The summed E-state index contributed by atoms with van der Waals surface area (Å²) in [5.74, 6) is 1.25. The summed E-state index contributed by atoms with van der Waals surface area (Å²) in [6, 6.07) is 6.83. The first-order valence-electron chi connectivity index (χ1n) is 11.7. The van der Waals surface area contributed by atoms with Crippen molar-refractivity contribution < 1.29 is 9.52 Å². The number of aliphatic hydroxyl groups is 1. The molecule has 30 heavy (non-hydrogen) atoms. The minimum absolute atomic E-state index is 0.194. The first-order chi connectivity index (χ1) is 14.3. The Morgan fingerprint density at radius 2 is 1.73 bits per heavy atom. The van der Waals surface area contributed by atoms with E-state index in [9.17, 15) is 0 Å². The summed E-state index contributed by atoms with van der Waals surface area (Å²) in [4.78, 5) is 7.43. The fraction of sp³-hybridized carbons (Fsp3) is 0.654. The molecule has 4 rings (SSSR count). The van der Waals surface area contributed by atoms with Gasteiger partial charge in [0, 0.05) is 18.1 Å². The lowest BCUT2D eigenvalue weighted by molar-refractivity contribution is 0.198. The Balaban J connectivity index is 1.48. The molecule has 1 aromatic carbocycles. The molecule has 1 saturated heterocycles. The van der Waals surface area contributed by atoms with E-state index >= 15 is 0 Å². The SMILES string of the molecule is CC1(C)CCC(C)(C)c2cc(-c3nc(C4CCN(CCCCO)CC4)co3)ccc21. The summed E-state index contributed by atoms with van der Waals surface area (Å²) in [5, 5.41) is 8.97. The van der Waals surface area contributed by atoms with Crippen molar-refractivity contribution >= 4 is 0 Å². The van der Waals surface area contributed by atoms with E-state index in [0.29, 0.717) is 12.5 Å². The smallest absolute Gasteiger partial charge is 0.226 e. The topological polar surface area (TPSA) is 49.5 Å². The van der Waals surface area contributed by atoms with Crippen LogP contribution in [0.3, 0.4) is 0 Å². The normalized spacial score (nSPS) is 21.5. The van der Waals surface area contributed by atoms with E-state index in [-0.39, 0.29) is 10.8 Å². The molecule has 1 N–H and O–H groups in total. The summed E-state index contributed by atoms with van der Waals surface area (Å²) in [5.41, 5.74) is 5.56. The van der Waals surface area contributed by atoms with Gasteiger partial charge in [-0.15, -0.1) is 0 Å². The molecule has 0 unspecified atom stereocenters. The molecule has 1 aliphatic carbocycles. The summed E-state index contributed by atoms with van der Waals surface area (Å²) < 4.78 is 5.97. The Morgan fingerprint density at radius 1 is 1.03 bits per heavy atom. The monoisotopic (exact) mass is 410 g/mol. The Kier molecular flexibility index (Phi) is 6.09. The third-order valence-electron chi connectivity index (χ3n) is 7.51. The van der Waals surface area contributed by atoms with E-state index in [1.807, 2.05) is 6.26 Å². The van der Waals surface area contributed by atoms with Crippen molar-refractivity contribution in [1.29, 1.82) is 0 Å². The Hall–Kier alpha value is -1.65. The highest BCUT2D eigenvalue weighted by atomic mass is 16.3. The van der Waals surface area contributed by atoms with E-state index in [2.05, 4.69) is 50.8 Å². The number of oxazole rings is 1. The second kappa shape index (κ2) is 8.47. The maximum absolute atomic E-state index is 8.97. The Morgan fingerprint density at radius 3 is 2.43 bits per heavy atom. The minimum atomic E-state index is 0.194. The molecule has 2 heterocycles. The summed E-state index contributed by atoms with van der Waals surface area (Å²) in [6.45, 7) is 13.1.